The third kappa shape index (κ3) is 8.61. The van der Waals surface area contributed by atoms with Crippen molar-refractivity contribution in [1.29, 1.82) is 0 Å². The maximum atomic E-state index is 12.5. The van der Waals surface area contributed by atoms with E-state index in [4.69, 9.17) is 31.9 Å². The van der Waals surface area contributed by atoms with E-state index in [1.165, 1.54) is 18.3 Å². The van der Waals surface area contributed by atoms with Gasteiger partial charge in [-0.3, -0.25) is 9.55 Å². The summed E-state index contributed by atoms with van der Waals surface area (Å²) in [5.41, 5.74) is 1.28. The van der Waals surface area contributed by atoms with Crippen LogP contribution in [0.3, 0.4) is 0 Å². The minimum absolute atomic E-state index is 0.000428. The number of phenolic OH excluding ortho intramolecular Hbond substituents is 1. The molecule has 0 unspecified atom stereocenters. The second-order valence-electron chi connectivity index (χ2n) is 19.4. The van der Waals surface area contributed by atoms with Gasteiger partial charge in [-0.05, 0) is 127 Å². The van der Waals surface area contributed by atoms with Gasteiger partial charge in [-0.2, -0.15) is 0 Å². The quantitative estimate of drug-likeness (QED) is 0.181. The average molecular weight is 846 g/mol. The topological polar surface area (TPSA) is 50.9 Å². The predicted octanol–water partition coefficient (Wildman–Crippen LogP) is 16.0. The fourth-order valence-corrected chi connectivity index (χ4v) is 7.86. The minimum Gasteiger partial charge on any atom is -0.507 e. The van der Waals surface area contributed by atoms with Crippen molar-refractivity contribution in [2.75, 3.05) is 0 Å². The van der Waals surface area contributed by atoms with Gasteiger partial charge in [0.1, 0.15) is 11.6 Å². The van der Waals surface area contributed by atoms with E-state index in [1.807, 2.05) is 131 Å². The molecule has 0 aliphatic rings. The normalized spacial score (nSPS) is 17.1. The molecule has 2 heterocycles. The monoisotopic (exact) mass is 846 g/mol. The van der Waals surface area contributed by atoms with Crippen LogP contribution in [0.4, 0.5) is 0 Å². The second-order valence-corrected chi connectivity index (χ2v) is 19.4. The number of fused-ring (bicyclic) bond motifs is 1. The molecule has 63 heavy (non-hydrogen) atoms. The minimum atomic E-state index is -3.83. The van der Waals surface area contributed by atoms with Crippen LogP contribution in [0.15, 0.2) is 140 Å². The molecule has 0 atom stereocenters. The first-order valence-electron chi connectivity index (χ1n) is 29.1. The van der Waals surface area contributed by atoms with Gasteiger partial charge in [-0.25, -0.2) is 4.98 Å². The summed E-state index contributed by atoms with van der Waals surface area (Å²) in [5, 5.41) is 12.5. The van der Waals surface area contributed by atoms with Crippen molar-refractivity contribution >= 4 is 11.0 Å². The molecule has 0 aliphatic heterocycles. The van der Waals surface area contributed by atoms with Gasteiger partial charge in [0.15, 0.2) is 0 Å². The second kappa shape index (κ2) is 15.8. The van der Waals surface area contributed by atoms with Crippen molar-refractivity contribution in [1.82, 2.24) is 14.5 Å². The highest BCUT2D eigenvalue weighted by atomic mass is 16.3. The van der Waals surface area contributed by atoms with Crippen molar-refractivity contribution < 1.29 is 27.0 Å². The molecule has 0 saturated carbocycles. The number of pyridine rings is 1. The highest BCUT2D eigenvalue weighted by molar-refractivity contribution is 5.97. The summed E-state index contributed by atoms with van der Waals surface area (Å²) >= 11 is 0. The number of hydrogen-bond acceptors (Lipinski definition) is 3. The number of rotatable bonds is 6. The smallest absolute Gasteiger partial charge is 0.149 e. The first kappa shape index (κ1) is 27.7. The van der Waals surface area contributed by atoms with Crippen molar-refractivity contribution in [3.05, 3.63) is 167 Å². The first-order chi connectivity index (χ1) is 36.2. The Labute approximate surface area is 398 Å². The molecule has 0 bridgehead atoms. The summed E-state index contributed by atoms with van der Waals surface area (Å²) in [7, 11) is 0. The SMILES string of the molecule is [2H]c1c([2H])c(C(C([2H])([2H])[2H])(C([2H])([2H])[2H])C([2H])([2H])[2H])c([2H])c([2H])c1-c1ccnc(-c2cc(-c3cccc4c3nc(-c3cc(C(C)(C)C)cc(C(C)(C)C)c3O)n4-c3ccc(-c4ccccc4)cc3C([2H])([2H])[2H])cc(C(C)(C)C)c2)c1. The summed E-state index contributed by atoms with van der Waals surface area (Å²) in [6.45, 7) is 4.30. The van der Waals surface area contributed by atoms with Crippen molar-refractivity contribution in [3.8, 4) is 67.5 Å². The molecule has 0 amide bonds. The fourth-order valence-electron chi connectivity index (χ4n) is 7.86. The number of imidazole rings is 1. The fraction of sp³-hybridized carbons (Fsp3) is 0.288. The zero-order chi connectivity index (χ0) is 58.7. The molecule has 0 saturated heterocycles. The molecule has 4 heteroatoms. The van der Waals surface area contributed by atoms with E-state index in [0.717, 1.165) is 16.7 Å². The van der Waals surface area contributed by atoms with E-state index < -0.39 is 73.4 Å². The van der Waals surface area contributed by atoms with Crippen LogP contribution >= 0.6 is 0 Å². The van der Waals surface area contributed by atoms with Gasteiger partial charge in [-0.15, -0.1) is 0 Å². The maximum absolute atomic E-state index is 12.5. The van der Waals surface area contributed by atoms with Gasteiger partial charge in [0.2, 0.25) is 0 Å². The molecule has 2 aromatic heterocycles. The molecule has 8 aromatic rings. The first-order valence-corrected chi connectivity index (χ1v) is 21.1. The Morgan fingerprint density at radius 2 is 1.22 bits per heavy atom. The zero-order valence-corrected chi connectivity index (χ0v) is 37.3. The van der Waals surface area contributed by atoms with Crippen molar-refractivity contribution in [2.45, 2.75) is 111 Å². The molecule has 0 aliphatic carbocycles. The number of para-hydroxylation sites is 1. The highest BCUT2D eigenvalue weighted by Crippen LogP contribution is 2.45. The van der Waals surface area contributed by atoms with Crippen LogP contribution in [0, 0.1) is 6.85 Å². The lowest BCUT2D eigenvalue weighted by atomic mass is 9.79. The van der Waals surface area contributed by atoms with Gasteiger partial charge in [-0.1, -0.05) is 168 Å². The number of phenols is 1. The summed E-state index contributed by atoms with van der Waals surface area (Å²) < 4.78 is 139. The van der Waals surface area contributed by atoms with Crippen LogP contribution in [-0.4, -0.2) is 19.6 Å². The van der Waals surface area contributed by atoms with Gasteiger partial charge in [0.05, 0.1) is 33.5 Å². The Kier molecular flexibility index (Phi) is 6.96. The van der Waals surface area contributed by atoms with E-state index in [9.17, 15) is 5.11 Å². The van der Waals surface area contributed by atoms with Gasteiger partial charge in [0.25, 0.3) is 0 Å². The third-order valence-corrected chi connectivity index (χ3v) is 11.5. The van der Waals surface area contributed by atoms with Crippen LogP contribution in [0.1, 0.15) is 133 Å². The average Bonchev–Trinajstić information content (AvgIpc) is 3.80. The predicted molar refractivity (Wildman–Crippen MR) is 267 cm³/mol. The number of nitrogens with zero attached hydrogens (tertiary/aromatic N) is 3. The van der Waals surface area contributed by atoms with Crippen LogP contribution in [0.2, 0.25) is 0 Å². The molecule has 0 radical (unpaired) electrons. The van der Waals surface area contributed by atoms with E-state index in [2.05, 4.69) is 20.8 Å². The van der Waals surface area contributed by atoms with E-state index >= 15 is 0 Å². The lowest BCUT2D eigenvalue weighted by molar-refractivity contribution is 0.446. The molecule has 320 valence electrons. The number of hydrogen-bond donors (Lipinski definition) is 1. The van der Waals surface area contributed by atoms with E-state index in [1.54, 1.807) is 12.1 Å². The third-order valence-electron chi connectivity index (χ3n) is 11.5. The number of aromatic nitrogens is 3. The molecule has 0 fully saturated rings. The number of aryl methyl sites for hydroxylation is 1. The molecule has 4 nitrogen and oxygen atoms in total. The molecule has 8 rings (SSSR count). The lowest BCUT2D eigenvalue weighted by Crippen LogP contribution is -2.17. The van der Waals surface area contributed by atoms with E-state index in [-0.39, 0.29) is 27.9 Å². The summed E-state index contributed by atoms with van der Waals surface area (Å²) in [6, 6.07) is 29.2. The maximum Gasteiger partial charge on any atom is 0.149 e. The Hall–Kier alpha value is -6.26. The van der Waals surface area contributed by atoms with E-state index in [0.29, 0.717) is 61.6 Å². The van der Waals surface area contributed by atoms with Crippen LogP contribution in [0.5, 0.6) is 5.75 Å². The Morgan fingerprint density at radius 1 is 0.540 bits per heavy atom. The van der Waals surface area contributed by atoms with Crippen molar-refractivity contribution in [3.63, 3.8) is 0 Å². The molecule has 1 N–H and O–H groups in total. The standard InChI is InChI=1S/C59H63N3O/c1-37-30-40(38-18-15-14-16-19-38)24-27-51(37)62-52-21-17-20-47(53(52)61-55(62)48-35-46(58(8,9)10)36-49(54(48)63)59(11,12)13)42-31-43(33-45(32-42)57(5,6)7)50-34-41(28-29-60-50)39-22-25-44(26-23-39)56(2,3)4/h14-36,63H,1-13H3/i1D3,2D3,3D3,4D3,22D,23D,25D,26D. The highest BCUT2D eigenvalue weighted by Gasteiger charge is 2.29. The lowest BCUT2D eigenvalue weighted by Gasteiger charge is -2.27. The van der Waals surface area contributed by atoms with Gasteiger partial charge in [0, 0.05) is 39.3 Å². The molecule has 0 spiro atoms. The zero-order valence-electron chi connectivity index (χ0n) is 53.3. The number of aromatic hydroxyl groups is 1. The Bertz CT molecular complexity index is 3610. The van der Waals surface area contributed by atoms with Gasteiger partial charge < -0.3 is 5.11 Å². The Morgan fingerprint density at radius 3 is 1.89 bits per heavy atom. The molecule has 6 aromatic carbocycles. The number of benzene rings is 6. The summed E-state index contributed by atoms with van der Waals surface area (Å²) in [6.07, 6.45) is 1.40. The summed E-state index contributed by atoms with van der Waals surface area (Å²) in [5.74, 6) is 0.302. The summed E-state index contributed by atoms with van der Waals surface area (Å²) in [4.78, 5) is 10.1. The van der Waals surface area contributed by atoms with Gasteiger partial charge >= 0.3 is 0 Å². The largest absolute Gasteiger partial charge is 0.507 e. The molecular formula is C59H63N3O. The Balaban J connectivity index is 1.41. The molecular weight excluding hydrogens is 767 g/mol. The van der Waals surface area contributed by atoms with Crippen molar-refractivity contribution in [2.24, 2.45) is 0 Å². The van der Waals surface area contributed by atoms with Crippen LogP contribution < -0.4 is 0 Å². The van der Waals surface area contributed by atoms with Crippen LogP contribution in [0.25, 0.3) is 72.7 Å². The van der Waals surface area contributed by atoms with Crippen LogP contribution in [-0.2, 0) is 21.7 Å².